The van der Waals surface area contributed by atoms with Crippen molar-refractivity contribution in [2.24, 2.45) is 0 Å². The highest BCUT2D eigenvalue weighted by molar-refractivity contribution is 7.90. The number of rotatable bonds is 6. The van der Waals surface area contributed by atoms with Crippen LogP contribution in [0.4, 0.5) is 20.2 Å². The highest BCUT2D eigenvalue weighted by atomic mass is 35.5. The summed E-state index contributed by atoms with van der Waals surface area (Å²) in [5.41, 5.74) is 1.73. The van der Waals surface area contributed by atoms with Crippen LogP contribution in [0, 0.1) is 18.6 Å². The van der Waals surface area contributed by atoms with Crippen molar-refractivity contribution in [2.75, 3.05) is 12.4 Å². The van der Waals surface area contributed by atoms with E-state index in [2.05, 4.69) is 10.6 Å². The minimum absolute atomic E-state index is 0.0429. The lowest BCUT2D eigenvalue weighted by atomic mass is 10.1. The molecule has 3 aromatic carbocycles. The van der Waals surface area contributed by atoms with Crippen LogP contribution in [0.5, 0.6) is 0 Å². The van der Waals surface area contributed by atoms with Crippen molar-refractivity contribution in [3.05, 3.63) is 88.6 Å². The number of nitrogens with one attached hydrogen (secondary N) is 2. The molecule has 2 N–H and O–H groups in total. The van der Waals surface area contributed by atoms with Crippen molar-refractivity contribution in [2.45, 2.75) is 18.4 Å². The molecule has 166 valence electrons. The smallest absolute Gasteiger partial charge is 0.268 e. The Hall–Kier alpha value is -2.94. The number of benzene rings is 3. The Balaban J connectivity index is 1.86. The predicted octanol–water partition coefficient (Wildman–Crippen LogP) is 5.58. The molecule has 1 aromatic heterocycles. The molecule has 9 heteroatoms. The van der Waals surface area contributed by atoms with Gasteiger partial charge in [-0.2, -0.15) is 0 Å². The van der Waals surface area contributed by atoms with Gasteiger partial charge in [0.05, 0.1) is 16.1 Å². The van der Waals surface area contributed by atoms with E-state index in [9.17, 15) is 17.2 Å². The molecule has 0 atom stereocenters. The van der Waals surface area contributed by atoms with Crippen LogP contribution in [-0.2, 0) is 16.6 Å². The minimum Gasteiger partial charge on any atom is -0.353 e. The van der Waals surface area contributed by atoms with E-state index < -0.39 is 21.7 Å². The van der Waals surface area contributed by atoms with Crippen LogP contribution in [0.15, 0.2) is 65.7 Å². The SMILES string of the molecule is CNCc1cn(S(=O)(=O)c2cccc(Cl)c2)c2cc(Nc3ccc(C)c(F)c3F)ccc12. The van der Waals surface area contributed by atoms with Crippen LogP contribution in [0.25, 0.3) is 10.9 Å². The second-order valence-electron chi connectivity index (χ2n) is 7.36. The summed E-state index contributed by atoms with van der Waals surface area (Å²) in [6.45, 7) is 1.92. The van der Waals surface area contributed by atoms with Crippen LogP contribution < -0.4 is 10.6 Å². The predicted molar refractivity (Wildman–Crippen MR) is 123 cm³/mol. The van der Waals surface area contributed by atoms with Crippen LogP contribution in [0.1, 0.15) is 11.1 Å². The van der Waals surface area contributed by atoms with Crippen LogP contribution in [-0.4, -0.2) is 19.4 Å². The fourth-order valence-corrected chi connectivity index (χ4v) is 5.20. The minimum atomic E-state index is -3.95. The maximum atomic E-state index is 14.3. The number of nitrogens with zero attached hydrogens (tertiary/aromatic N) is 1. The Labute approximate surface area is 189 Å². The summed E-state index contributed by atoms with van der Waals surface area (Å²) in [4.78, 5) is 0.0444. The lowest BCUT2D eigenvalue weighted by molar-refractivity contribution is 0.506. The molecular formula is C23H20ClF2N3O2S. The van der Waals surface area contributed by atoms with E-state index in [1.54, 1.807) is 43.6 Å². The number of aryl methyl sites for hydroxylation is 1. The first-order valence-electron chi connectivity index (χ1n) is 9.73. The summed E-state index contributed by atoms with van der Waals surface area (Å²) in [7, 11) is -2.19. The Morgan fingerprint density at radius 1 is 1.03 bits per heavy atom. The largest absolute Gasteiger partial charge is 0.353 e. The Bertz CT molecular complexity index is 1430. The zero-order valence-corrected chi connectivity index (χ0v) is 18.9. The number of anilines is 2. The van der Waals surface area contributed by atoms with E-state index in [0.29, 0.717) is 28.2 Å². The van der Waals surface area contributed by atoms with Crippen molar-refractivity contribution in [1.82, 2.24) is 9.29 Å². The fraction of sp³-hybridized carbons (Fsp3) is 0.130. The molecule has 0 aliphatic rings. The van der Waals surface area contributed by atoms with Gasteiger partial charge in [-0.3, -0.25) is 0 Å². The van der Waals surface area contributed by atoms with Crippen molar-refractivity contribution in [3.8, 4) is 0 Å². The Morgan fingerprint density at radius 2 is 1.81 bits per heavy atom. The molecule has 0 saturated carbocycles. The van der Waals surface area contributed by atoms with Gasteiger partial charge in [-0.25, -0.2) is 21.2 Å². The molecule has 32 heavy (non-hydrogen) atoms. The summed E-state index contributed by atoms with van der Waals surface area (Å²) in [6.07, 6.45) is 1.55. The third-order valence-electron chi connectivity index (χ3n) is 5.13. The van der Waals surface area contributed by atoms with Crippen molar-refractivity contribution < 1.29 is 17.2 Å². The molecule has 0 aliphatic heterocycles. The molecule has 0 saturated heterocycles. The van der Waals surface area contributed by atoms with Gasteiger partial charge in [0.2, 0.25) is 0 Å². The standard InChI is InChI=1S/C23H20ClF2N3O2S/c1-14-6-9-20(23(26)22(14)25)28-17-7-8-19-15(12-27-2)13-29(21(19)11-17)32(30,31)18-5-3-4-16(24)10-18/h3-11,13,27-28H,12H2,1-2H3. The molecule has 0 spiro atoms. The fourth-order valence-electron chi connectivity index (χ4n) is 3.51. The molecule has 1 heterocycles. The van der Waals surface area contributed by atoms with E-state index in [1.165, 1.54) is 35.2 Å². The summed E-state index contributed by atoms with van der Waals surface area (Å²) >= 11 is 6.01. The zero-order valence-electron chi connectivity index (χ0n) is 17.3. The van der Waals surface area contributed by atoms with E-state index in [-0.39, 0.29) is 16.1 Å². The third-order valence-corrected chi connectivity index (χ3v) is 7.03. The van der Waals surface area contributed by atoms with E-state index in [4.69, 9.17) is 11.6 Å². The van der Waals surface area contributed by atoms with Gasteiger partial charge in [-0.1, -0.05) is 29.8 Å². The molecule has 5 nitrogen and oxygen atoms in total. The maximum Gasteiger partial charge on any atom is 0.268 e. The maximum absolute atomic E-state index is 14.3. The van der Waals surface area contributed by atoms with Gasteiger partial charge in [0.1, 0.15) is 0 Å². The second-order valence-corrected chi connectivity index (χ2v) is 9.61. The average Bonchev–Trinajstić information content (AvgIpc) is 3.13. The van der Waals surface area contributed by atoms with Crippen LogP contribution >= 0.6 is 11.6 Å². The lowest BCUT2D eigenvalue weighted by Gasteiger charge is -2.11. The monoisotopic (exact) mass is 475 g/mol. The molecule has 0 amide bonds. The average molecular weight is 476 g/mol. The summed E-state index contributed by atoms with van der Waals surface area (Å²) in [5, 5.41) is 6.89. The van der Waals surface area contributed by atoms with Gasteiger partial charge >= 0.3 is 0 Å². The summed E-state index contributed by atoms with van der Waals surface area (Å²) in [5.74, 6) is -1.93. The summed E-state index contributed by atoms with van der Waals surface area (Å²) < 4.78 is 56.2. The molecule has 0 bridgehead atoms. The number of hydrogen-bond acceptors (Lipinski definition) is 4. The quantitative estimate of drug-likeness (QED) is 0.382. The number of halogens is 3. The van der Waals surface area contributed by atoms with Crippen LogP contribution in [0.3, 0.4) is 0 Å². The Kier molecular flexibility index (Phi) is 5.94. The lowest BCUT2D eigenvalue weighted by Crippen LogP contribution is -2.12. The normalized spacial score (nSPS) is 11.8. The number of aromatic nitrogens is 1. The van der Waals surface area contributed by atoms with E-state index >= 15 is 0 Å². The van der Waals surface area contributed by atoms with Crippen molar-refractivity contribution in [3.63, 3.8) is 0 Å². The van der Waals surface area contributed by atoms with Gasteiger partial charge in [0.15, 0.2) is 11.6 Å². The molecule has 4 aromatic rings. The summed E-state index contributed by atoms with van der Waals surface area (Å²) in [6, 6.07) is 13.9. The van der Waals surface area contributed by atoms with Crippen molar-refractivity contribution >= 4 is 43.9 Å². The van der Waals surface area contributed by atoms with Gasteiger partial charge in [0, 0.05) is 28.8 Å². The molecule has 0 aliphatic carbocycles. The van der Waals surface area contributed by atoms with E-state index in [1.807, 2.05) is 0 Å². The van der Waals surface area contributed by atoms with Crippen molar-refractivity contribution in [1.29, 1.82) is 0 Å². The van der Waals surface area contributed by atoms with Gasteiger partial charge < -0.3 is 10.6 Å². The number of fused-ring (bicyclic) bond motifs is 1. The first-order chi connectivity index (χ1) is 15.2. The highest BCUT2D eigenvalue weighted by Crippen LogP contribution is 2.31. The molecular weight excluding hydrogens is 456 g/mol. The Morgan fingerprint density at radius 3 is 2.53 bits per heavy atom. The molecule has 0 radical (unpaired) electrons. The van der Waals surface area contributed by atoms with Gasteiger partial charge in [-0.05, 0) is 61.5 Å². The topological polar surface area (TPSA) is 63.1 Å². The number of hydrogen-bond donors (Lipinski definition) is 2. The van der Waals surface area contributed by atoms with E-state index in [0.717, 1.165) is 5.56 Å². The molecule has 0 unspecified atom stereocenters. The third kappa shape index (κ3) is 3.97. The second kappa shape index (κ2) is 8.54. The zero-order chi connectivity index (χ0) is 23.0. The highest BCUT2D eigenvalue weighted by Gasteiger charge is 2.22. The first kappa shape index (κ1) is 22.3. The van der Waals surface area contributed by atoms with Crippen LogP contribution in [0.2, 0.25) is 5.02 Å². The first-order valence-corrected chi connectivity index (χ1v) is 11.6. The molecule has 4 rings (SSSR count). The van der Waals surface area contributed by atoms with Gasteiger partial charge in [-0.15, -0.1) is 0 Å². The molecule has 0 fully saturated rings. The van der Waals surface area contributed by atoms with Gasteiger partial charge in [0.25, 0.3) is 10.0 Å².